The molecule has 0 aromatic heterocycles. The van der Waals surface area contributed by atoms with Crippen molar-refractivity contribution in [1.82, 2.24) is 0 Å². The molecule has 1 nitrogen and oxygen atoms in total. The van der Waals surface area contributed by atoms with Crippen LogP contribution in [0.15, 0.2) is 12.2 Å². The minimum absolute atomic E-state index is 0.0926. The van der Waals surface area contributed by atoms with Crippen LogP contribution < -0.4 is 0 Å². The molecule has 0 bridgehead atoms. The molecule has 1 aliphatic rings. The normalized spacial score (nSPS) is 28.7. The lowest BCUT2D eigenvalue weighted by Gasteiger charge is -2.08. The van der Waals surface area contributed by atoms with E-state index in [2.05, 4.69) is 6.58 Å². The topological polar surface area (TPSA) is 17.1 Å². The van der Waals surface area contributed by atoms with Gasteiger partial charge in [0, 0.05) is 5.57 Å². The van der Waals surface area contributed by atoms with Gasteiger partial charge in [-0.05, 0) is 0 Å². The average molecular weight is 152 g/mol. The molecule has 1 heterocycles. The van der Waals surface area contributed by atoms with E-state index < -0.39 is 22.3 Å². The van der Waals surface area contributed by atoms with Gasteiger partial charge in [0.1, 0.15) is 0 Å². The van der Waals surface area contributed by atoms with Gasteiger partial charge in [0.25, 0.3) is 0 Å². The fraction of sp³-hybridized carbons (Fsp3) is 0.400. The van der Waals surface area contributed by atoms with Crippen LogP contribution in [0, 0.1) is 0 Å². The van der Waals surface area contributed by atoms with Crippen molar-refractivity contribution in [2.45, 2.75) is 0 Å². The van der Waals surface area contributed by atoms with Crippen molar-refractivity contribution in [1.29, 1.82) is 0 Å². The predicted molar refractivity (Wildman–Crippen MR) is 33.7 cm³/mol. The highest BCUT2D eigenvalue weighted by Crippen LogP contribution is 2.56. The Morgan fingerprint density at radius 1 is 1.44 bits per heavy atom. The van der Waals surface area contributed by atoms with Crippen LogP contribution >= 0.6 is 10.8 Å². The van der Waals surface area contributed by atoms with E-state index in [0.29, 0.717) is 0 Å². The zero-order valence-electron chi connectivity index (χ0n) is 4.69. The first kappa shape index (κ1) is 6.74. The second kappa shape index (κ2) is 1.80. The van der Waals surface area contributed by atoms with Gasteiger partial charge in [-0.15, -0.1) is 0 Å². The monoisotopic (exact) mass is 152 g/mol. The number of carbonyl (C=O) groups excluding carboxylic acids is 1. The SMILES string of the molecule is C=C1CS(F)(F)CC1=O. The molecule has 0 radical (unpaired) electrons. The number of hydrogen-bond donors (Lipinski definition) is 0. The predicted octanol–water partition coefficient (Wildman–Crippen LogP) is 1.70. The van der Waals surface area contributed by atoms with Crippen LogP contribution in [-0.4, -0.2) is 17.3 Å². The maximum Gasteiger partial charge on any atom is 0.172 e. The number of halogens is 2. The molecule has 0 unspecified atom stereocenters. The molecule has 0 N–H and O–H groups in total. The molecular formula is C5H6F2OS. The Kier molecular flexibility index (Phi) is 1.35. The van der Waals surface area contributed by atoms with Gasteiger partial charge in [0.2, 0.25) is 0 Å². The van der Waals surface area contributed by atoms with Crippen molar-refractivity contribution >= 4 is 16.6 Å². The lowest BCUT2D eigenvalue weighted by atomic mass is 10.3. The molecule has 9 heavy (non-hydrogen) atoms. The number of rotatable bonds is 0. The van der Waals surface area contributed by atoms with Gasteiger partial charge >= 0.3 is 0 Å². The first-order valence-electron chi connectivity index (χ1n) is 2.40. The van der Waals surface area contributed by atoms with Crippen LogP contribution in [0.5, 0.6) is 0 Å². The van der Waals surface area contributed by atoms with Gasteiger partial charge in [-0.25, -0.2) is 0 Å². The van der Waals surface area contributed by atoms with Crippen LogP contribution in [0.2, 0.25) is 0 Å². The van der Waals surface area contributed by atoms with Crippen molar-refractivity contribution in [3.05, 3.63) is 12.2 Å². The van der Waals surface area contributed by atoms with Crippen LogP contribution in [-0.2, 0) is 4.79 Å². The lowest BCUT2D eigenvalue weighted by molar-refractivity contribution is -0.112. The van der Waals surface area contributed by atoms with Gasteiger partial charge in [0.15, 0.2) is 5.78 Å². The minimum atomic E-state index is -3.59. The van der Waals surface area contributed by atoms with Gasteiger partial charge in [-0.1, -0.05) is 6.58 Å². The summed E-state index contributed by atoms with van der Waals surface area (Å²) in [5, 5.41) is 0. The van der Waals surface area contributed by atoms with E-state index in [1.165, 1.54) is 0 Å². The molecule has 0 aliphatic carbocycles. The maximum atomic E-state index is 12.2. The molecule has 0 aromatic rings. The number of carbonyl (C=O) groups is 1. The zero-order chi connectivity index (χ0) is 7.07. The number of hydrogen-bond acceptors (Lipinski definition) is 1. The molecule has 1 rings (SSSR count). The summed E-state index contributed by atoms with van der Waals surface area (Å²) in [5.74, 6) is -1.40. The number of ketones is 1. The Balaban J connectivity index is 2.76. The molecule has 0 spiro atoms. The second-order valence-corrected chi connectivity index (χ2v) is 3.99. The van der Waals surface area contributed by atoms with Crippen molar-refractivity contribution in [2.75, 3.05) is 11.5 Å². The summed E-state index contributed by atoms with van der Waals surface area (Å²) in [6.07, 6.45) is 0. The van der Waals surface area contributed by atoms with Crippen LogP contribution in [0.4, 0.5) is 7.77 Å². The molecule has 1 fully saturated rings. The summed E-state index contributed by atoms with van der Waals surface area (Å²) in [6.45, 7) is 3.22. The van der Waals surface area contributed by atoms with Crippen molar-refractivity contribution in [3.8, 4) is 0 Å². The first-order valence-corrected chi connectivity index (χ1v) is 4.17. The average Bonchev–Trinajstić information content (AvgIpc) is 1.79. The molecule has 0 amide bonds. The van der Waals surface area contributed by atoms with Crippen molar-refractivity contribution in [3.63, 3.8) is 0 Å². The first-order chi connectivity index (χ1) is 4.01. The lowest BCUT2D eigenvalue weighted by Crippen LogP contribution is -1.95. The molecule has 0 aromatic carbocycles. The highest BCUT2D eigenvalue weighted by atomic mass is 32.3. The Bertz CT molecular complexity index is 158. The van der Waals surface area contributed by atoms with E-state index in [-0.39, 0.29) is 11.3 Å². The summed E-state index contributed by atoms with van der Waals surface area (Å²) >= 11 is 0. The Morgan fingerprint density at radius 2 is 2.00 bits per heavy atom. The minimum Gasteiger partial charge on any atom is -0.293 e. The molecule has 4 heteroatoms. The molecule has 1 aliphatic heterocycles. The third kappa shape index (κ3) is 1.30. The summed E-state index contributed by atoms with van der Waals surface area (Å²) < 4.78 is 24.5. The van der Waals surface area contributed by atoms with E-state index in [4.69, 9.17) is 0 Å². The highest BCUT2D eigenvalue weighted by Gasteiger charge is 2.36. The summed E-state index contributed by atoms with van der Waals surface area (Å²) in [6, 6.07) is 0. The van der Waals surface area contributed by atoms with E-state index >= 15 is 0 Å². The zero-order valence-corrected chi connectivity index (χ0v) is 5.51. The summed E-state index contributed by atoms with van der Waals surface area (Å²) in [5.41, 5.74) is 0.0926. The number of Topliss-reactive ketones (excluding diaryl/α,β-unsaturated/α-hetero) is 1. The quantitative estimate of drug-likeness (QED) is 0.483. The van der Waals surface area contributed by atoms with Crippen LogP contribution in [0.1, 0.15) is 0 Å². The van der Waals surface area contributed by atoms with Gasteiger partial charge in [-0.2, -0.15) is 7.77 Å². The largest absolute Gasteiger partial charge is 0.293 e. The van der Waals surface area contributed by atoms with E-state index in [1.807, 2.05) is 0 Å². The third-order valence-electron chi connectivity index (χ3n) is 1.12. The van der Waals surface area contributed by atoms with E-state index in [0.717, 1.165) is 0 Å². The van der Waals surface area contributed by atoms with Crippen molar-refractivity contribution < 1.29 is 12.6 Å². The Labute approximate surface area is 53.6 Å². The fourth-order valence-corrected chi connectivity index (χ4v) is 2.04. The highest BCUT2D eigenvalue weighted by molar-refractivity contribution is 8.26. The van der Waals surface area contributed by atoms with Gasteiger partial charge in [0.05, 0.1) is 22.3 Å². The summed E-state index contributed by atoms with van der Waals surface area (Å²) in [4.78, 5) is 10.4. The molecule has 0 saturated carbocycles. The smallest absolute Gasteiger partial charge is 0.172 e. The fourth-order valence-electron chi connectivity index (χ4n) is 0.680. The molecular weight excluding hydrogens is 146 g/mol. The maximum absolute atomic E-state index is 12.2. The van der Waals surface area contributed by atoms with Crippen LogP contribution in [0.25, 0.3) is 0 Å². The Hall–Kier alpha value is -0.380. The third-order valence-corrected chi connectivity index (χ3v) is 2.58. The van der Waals surface area contributed by atoms with Gasteiger partial charge in [-0.3, -0.25) is 4.79 Å². The van der Waals surface area contributed by atoms with E-state index in [9.17, 15) is 12.6 Å². The standard InChI is InChI=1S/C5H6F2OS/c1-4-2-9(6,7)3-5(4)8/h1-3H2. The Morgan fingerprint density at radius 3 is 2.11 bits per heavy atom. The molecule has 0 atom stereocenters. The van der Waals surface area contributed by atoms with Crippen molar-refractivity contribution in [2.24, 2.45) is 0 Å². The molecule has 52 valence electrons. The van der Waals surface area contributed by atoms with Gasteiger partial charge < -0.3 is 0 Å². The summed E-state index contributed by atoms with van der Waals surface area (Å²) in [7, 11) is -3.59. The van der Waals surface area contributed by atoms with Crippen LogP contribution in [0.3, 0.4) is 0 Å². The molecule has 1 saturated heterocycles. The van der Waals surface area contributed by atoms with E-state index in [1.54, 1.807) is 0 Å². The second-order valence-electron chi connectivity index (χ2n) is 2.01.